The van der Waals surface area contributed by atoms with Crippen LogP contribution in [0.15, 0.2) is 33.9 Å². The summed E-state index contributed by atoms with van der Waals surface area (Å²) < 4.78 is 34.3. The lowest BCUT2D eigenvalue weighted by Crippen LogP contribution is -2.38. The first-order valence-electron chi connectivity index (χ1n) is 6.23. The molecule has 0 fully saturated rings. The summed E-state index contributed by atoms with van der Waals surface area (Å²) in [6.07, 6.45) is 1.61. The lowest BCUT2D eigenvalue weighted by molar-refractivity contribution is 0.335. The number of aromatic nitrogens is 3. The van der Waals surface area contributed by atoms with Crippen LogP contribution in [0.25, 0.3) is 0 Å². The standard InChI is InChI=1S/C12H13BrN4O3S/c1-20-11-3-2-9(6-10(11)13)21(18,19)17-5-4-16-8-14-15-12(16)7-17/h2-3,6,8H,4-5,7H2,1H3. The van der Waals surface area contributed by atoms with Crippen LogP contribution in [0.3, 0.4) is 0 Å². The Bertz CT molecular complexity index is 775. The first-order chi connectivity index (χ1) is 10.0. The summed E-state index contributed by atoms with van der Waals surface area (Å²) >= 11 is 3.31. The summed E-state index contributed by atoms with van der Waals surface area (Å²) in [5.41, 5.74) is 0. The van der Waals surface area contributed by atoms with Gasteiger partial charge in [0.1, 0.15) is 17.9 Å². The highest BCUT2D eigenvalue weighted by atomic mass is 79.9. The molecule has 112 valence electrons. The van der Waals surface area contributed by atoms with E-state index in [0.717, 1.165) is 0 Å². The molecule has 0 bridgehead atoms. The fourth-order valence-electron chi connectivity index (χ4n) is 2.21. The van der Waals surface area contributed by atoms with E-state index in [-0.39, 0.29) is 11.4 Å². The molecule has 3 rings (SSSR count). The molecule has 0 saturated heterocycles. The molecule has 1 aromatic heterocycles. The Morgan fingerprint density at radius 2 is 2.14 bits per heavy atom. The molecule has 0 spiro atoms. The Hall–Kier alpha value is -1.45. The van der Waals surface area contributed by atoms with Gasteiger partial charge in [-0.15, -0.1) is 10.2 Å². The second-order valence-electron chi connectivity index (χ2n) is 4.58. The predicted molar refractivity (Wildman–Crippen MR) is 78.3 cm³/mol. The van der Waals surface area contributed by atoms with Crippen molar-refractivity contribution in [3.63, 3.8) is 0 Å². The Balaban J connectivity index is 1.93. The highest BCUT2D eigenvalue weighted by molar-refractivity contribution is 9.10. The maximum absolute atomic E-state index is 12.7. The van der Waals surface area contributed by atoms with Gasteiger partial charge in [-0.05, 0) is 34.1 Å². The van der Waals surface area contributed by atoms with Crippen LogP contribution in [0, 0.1) is 0 Å². The quantitative estimate of drug-likeness (QED) is 0.810. The second-order valence-corrected chi connectivity index (χ2v) is 7.37. The van der Waals surface area contributed by atoms with Crippen molar-refractivity contribution in [2.75, 3.05) is 13.7 Å². The van der Waals surface area contributed by atoms with Crippen LogP contribution in [0.1, 0.15) is 5.82 Å². The fourth-order valence-corrected chi connectivity index (χ4v) is 4.31. The third-order valence-corrected chi connectivity index (χ3v) is 5.83. The smallest absolute Gasteiger partial charge is 0.243 e. The van der Waals surface area contributed by atoms with Crippen LogP contribution in [0.4, 0.5) is 0 Å². The number of methoxy groups -OCH3 is 1. The number of hydrogen-bond donors (Lipinski definition) is 0. The molecule has 0 aliphatic carbocycles. The average Bonchev–Trinajstić information content (AvgIpc) is 2.94. The van der Waals surface area contributed by atoms with E-state index in [1.54, 1.807) is 18.5 Å². The molecule has 2 aromatic rings. The number of benzene rings is 1. The van der Waals surface area contributed by atoms with Crippen LogP contribution in [0.5, 0.6) is 5.75 Å². The Morgan fingerprint density at radius 1 is 1.33 bits per heavy atom. The Kier molecular flexibility index (Phi) is 3.72. The highest BCUT2D eigenvalue weighted by Gasteiger charge is 2.29. The largest absolute Gasteiger partial charge is 0.496 e. The molecule has 0 unspecified atom stereocenters. The summed E-state index contributed by atoms with van der Waals surface area (Å²) in [6, 6.07) is 4.72. The van der Waals surface area contributed by atoms with Crippen LogP contribution in [0.2, 0.25) is 0 Å². The minimum Gasteiger partial charge on any atom is -0.496 e. The van der Waals surface area contributed by atoms with E-state index in [1.807, 2.05) is 4.57 Å². The molecule has 0 saturated carbocycles. The van der Waals surface area contributed by atoms with E-state index in [2.05, 4.69) is 26.1 Å². The minimum absolute atomic E-state index is 0.225. The molecule has 2 heterocycles. The molecular formula is C12H13BrN4O3S. The number of nitrogens with zero attached hydrogens (tertiary/aromatic N) is 4. The molecule has 0 radical (unpaired) electrons. The average molecular weight is 373 g/mol. The van der Waals surface area contributed by atoms with Crippen molar-refractivity contribution in [1.29, 1.82) is 0 Å². The first-order valence-corrected chi connectivity index (χ1v) is 8.46. The lowest BCUT2D eigenvalue weighted by Gasteiger charge is -2.26. The van der Waals surface area contributed by atoms with Crippen molar-refractivity contribution in [3.8, 4) is 5.75 Å². The van der Waals surface area contributed by atoms with Crippen molar-refractivity contribution in [2.24, 2.45) is 0 Å². The fraction of sp³-hybridized carbons (Fsp3) is 0.333. The van der Waals surface area contributed by atoms with Gasteiger partial charge in [0.2, 0.25) is 10.0 Å². The van der Waals surface area contributed by atoms with Gasteiger partial charge in [0.25, 0.3) is 0 Å². The number of ether oxygens (including phenoxy) is 1. The van der Waals surface area contributed by atoms with Gasteiger partial charge in [-0.2, -0.15) is 4.31 Å². The van der Waals surface area contributed by atoms with Gasteiger partial charge in [0.15, 0.2) is 0 Å². The molecule has 0 atom stereocenters. The molecule has 0 N–H and O–H groups in total. The summed E-state index contributed by atoms with van der Waals surface area (Å²) in [5.74, 6) is 1.24. The Morgan fingerprint density at radius 3 is 2.86 bits per heavy atom. The number of sulfonamides is 1. The highest BCUT2D eigenvalue weighted by Crippen LogP contribution is 2.29. The minimum atomic E-state index is -3.56. The molecular weight excluding hydrogens is 360 g/mol. The predicted octanol–water partition coefficient (Wildman–Crippen LogP) is 1.25. The zero-order chi connectivity index (χ0) is 15.0. The van der Waals surface area contributed by atoms with Crippen molar-refractivity contribution in [3.05, 3.63) is 34.8 Å². The maximum Gasteiger partial charge on any atom is 0.243 e. The van der Waals surface area contributed by atoms with Crippen LogP contribution >= 0.6 is 15.9 Å². The maximum atomic E-state index is 12.7. The third kappa shape index (κ3) is 2.56. The monoisotopic (exact) mass is 372 g/mol. The summed E-state index contributed by atoms with van der Waals surface area (Å²) in [4.78, 5) is 0.225. The van der Waals surface area contributed by atoms with Crippen molar-refractivity contribution < 1.29 is 13.2 Å². The van der Waals surface area contributed by atoms with Gasteiger partial charge in [0, 0.05) is 13.1 Å². The zero-order valence-electron chi connectivity index (χ0n) is 11.2. The van der Waals surface area contributed by atoms with E-state index >= 15 is 0 Å². The van der Waals surface area contributed by atoms with E-state index in [4.69, 9.17) is 4.74 Å². The van der Waals surface area contributed by atoms with Crippen molar-refractivity contribution in [2.45, 2.75) is 18.0 Å². The van der Waals surface area contributed by atoms with E-state index in [9.17, 15) is 8.42 Å². The van der Waals surface area contributed by atoms with Crippen LogP contribution < -0.4 is 4.74 Å². The van der Waals surface area contributed by atoms with Crippen molar-refractivity contribution in [1.82, 2.24) is 19.1 Å². The topological polar surface area (TPSA) is 77.3 Å². The van der Waals surface area contributed by atoms with Crippen LogP contribution in [-0.4, -0.2) is 41.1 Å². The number of fused-ring (bicyclic) bond motifs is 1. The third-order valence-electron chi connectivity index (χ3n) is 3.36. The van der Waals surface area contributed by atoms with E-state index in [1.165, 1.54) is 17.5 Å². The van der Waals surface area contributed by atoms with Gasteiger partial charge >= 0.3 is 0 Å². The van der Waals surface area contributed by atoms with Crippen molar-refractivity contribution >= 4 is 26.0 Å². The molecule has 1 aliphatic heterocycles. The molecule has 21 heavy (non-hydrogen) atoms. The summed E-state index contributed by atoms with van der Waals surface area (Å²) in [7, 11) is -2.03. The lowest BCUT2D eigenvalue weighted by atomic mass is 10.3. The number of hydrogen-bond acceptors (Lipinski definition) is 5. The normalized spacial score (nSPS) is 15.7. The van der Waals surface area contributed by atoms with Gasteiger partial charge in [0.05, 0.1) is 23.0 Å². The van der Waals surface area contributed by atoms with Gasteiger partial charge in [-0.1, -0.05) is 0 Å². The van der Waals surface area contributed by atoms with Gasteiger partial charge < -0.3 is 9.30 Å². The summed E-state index contributed by atoms with van der Waals surface area (Å²) in [5, 5.41) is 7.73. The van der Waals surface area contributed by atoms with Gasteiger partial charge in [-0.25, -0.2) is 8.42 Å². The zero-order valence-corrected chi connectivity index (χ0v) is 13.6. The molecule has 9 heteroatoms. The van der Waals surface area contributed by atoms with Gasteiger partial charge in [-0.3, -0.25) is 0 Å². The van der Waals surface area contributed by atoms with E-state index < -0.39 is 10.0 Å². The van der Waals surface area contributed by atoms with E-state index in [0.29, 0.717) is 29.1 Å². The second kappa shape index (κ2) is 5.39. The first kappa shape index (κ1) is 14.5. The molecule has 1 aromatic carbocycles. The molecule has 7 nitrogen and oxygen atoms in total. The molecule has 1 aliphatic rings. The molecule has 0 amide bonds. The van der Waals surface area contributed by atoms with Crippen LogP contribution in [-0.2, 0) is 23.1 Å². The Labute approximate surface area is 130 Å². The number of halogens is 1. The number of rotatable bonds is 3. The summed E-state index contributed by atoms with van der Waals surface area (Å²) in [6.45, 7) is 1.18. The SMILES string of the molecule is COc1ccc(S(=O)(=O)N2CCn3cnnc3C2)cc1Br.